The molecule has 0 aliphatic carbocycles. The molecule has 3 aromatic carbocycles. The van der Waals surface area contributed by atoms with Gasteiger partial charge in [0.25, 0.3) is 5.56 Å². The van der Waals surface area contributed by atoms with Crippen LogP contribution < -0.4 is 20.3 Å². The summed E-state index contributed by atoms with van der Waals surface area (Å²) >= 11 is 13.3. The van der Waals surface area contributed by atoms with Gasteiger partial charge in [-0.1, -0.05) is 47.5 Å². The third kappa shape index (κ3) is 5.81. The van der Waals surface area contributed by atoms with Gasteiger partial charge < -0.3 is 14.8 Å². The summed E-state index contributed by atoms with van der Waals surface area (Å²) in [5.74, 6) is 1.14. The molecule has 0 atom stereocenters. The summed E-state index contributed by atoms with van der Waals surface area (Å²) in [4.78, 5) is 18.8. The molecule has 0 aliphatic heterocycles. The van der Waals surface area contributed by atoms with E-state index in [1.54, 1.807) is 25.6 Å². The van der Waals surface area contributed by atoms with Gasteiger partial charge in [-0.05, 0) is 53.6 Å². The van der Waals surface area contributed by atoms with Crippen LogP contribution in [0.2, 0.25) is 10.0 Å². The van der Waals surface area contributed by atoms with Crippen molar-refractivity contribution in [1.29, 1.82) is 0 Å². The Kier molecular flexibility index (Phi) is 7.76. The molecule has 0 saturated carbocycles. The number of fused-ring (bicyclic) bond motifs is 1. The Hall–Kier alpha value is -3.36. The Morgan fingerprint density at radius 3 is 2.41 bits per heavy atom. The molecule has 0 bridgehead atoms. The molecular formula is C28H23Cl2N3O3S. The molecule has 0 amide bonds. The zero-order valence-electron chi connectivity index (χ0n) is 19.9. The number of rotatable bonds is 9. The lowest BCUT2D eigenvalue weighted by Gasteiger charge is -2.13. The highest BCUT2D eigenvalue weighted by atomic mass is 35.5. The lowest BCUT2D eigenvalue weighted by molar-refractivity contribution is 0.292. The fraction of sp³-hybridized carbons (Fsp3) is 0.143. The standard InChI is InChI=1S/C28H23Cl2N3O3S/c1-35-25-14-22(10-11-24(25)36-13-12-31-16-18-2-6-20(29)7-3-18)33-17-32-23-15-26(37-27(23)28(33)34)19-4-8-21(30)9-5-19/h2-11,14-15,17,31H,12-13,16H2,1H3. The number of hydrogen-bond donors (Lipinski definition) is 1. The molecule has 5 rings (SSSR count). The average Bonchev–Trinajstić information content (AvgIpc) is 3.36. The lowest BCUT2D eigenvalue weighted by Crippen LogP contribution is -2.21. The quantitative estimate of drug-likeness (QED) is 0.209. The minimum Gasteiger partial charge on any atom is -0.493 e. The van der Waals surface area contributed by atoms with Crippen molar-refractivity contribution in [1.82, 2.24) is 14.9 Å². The zero-order valence-corrected chi connectivity index (χ0v) is 22.2. The van der Waals surface area contributed by atoms with Crippen molar-refractivity contribution in [3.63, 3.8) is 0 Å². The smallest absolute Gasteiger partial charge is 0.275 e. The van der Waals surface area contributed by atoms with Crippen molar-refractivity contribution >= 4 is 44.8 Å². The first-order valence-electron chi connectivity index (χ1n) is 11.6. The second-order valence-electron chi connectivity index (χ2n) is 8.24. The Morgan fingerprint density at radius 2 is 1.68 bits per heavy atom. The van der Waals surface area contributed by atoms with Gasteiger partial charge in [0.05, 0.1) is 18.3 Å². The highest BCUT2D eigenvalue weighted by Crippen LogP contribution is 2.33. The van der Waals surface area contributed by atoms with E-state index in [1.807, 2.05) is 60.7 Å². The number of thiophene rings is 1. The van der Waals surface area contributed by atoms with E-state index in [0.717, 1.165) is 27.6 Å². The molecule has 0 unspecified atom stereocenters. The Bertz CT molecular complexity index is 1580. The Balaban J connectivity index is 1.29. The van der Waals surface area contributed by atoms with Gasteiger partial charge in [-0.3, -0.25) is 9.36 Å². The molecule has 0 aliphatic rings. The van der Waals surface area contributed by atoms with Gasteiger partial charge in [-0.25, -0.2) is 4.98 Å². The highest BCUT2D eigenvalue weighted by Gasteiger charge is 2.13. The van der Waals surface area contributed by atoms with Crippen molar-refractivity contribution in [3.8, 4) is 27.6 Å². The predicted molar refractivity (Wildman–Crippen MR) is 151 cm³/mol. The fourth-order valence-corrected chi connectivity index (χ4v) is 5.14. The summed E-state index contributed by atoms with van der Waals surface area (Å²) in [5, 5.41) is 4.73. The summed E-state index contributed by atoms with van der Waals surface area (Å²) in [6, 6.07) is 22.6. The van der Waals surface area contributed by atoms with Crippen LogP contribution in [-0.4, -0.2) is 29.8 Å². The summed E-state index contributed by atoms with van der Waals surface area (Å²) in [6.45, 7) is 1.83. The minimum absolute atomic E-state index is 0.141. The van der Waals surface area contributed by atoms with Gasteiger partial charge in [-0.15, -0.1) is 11.3 Å². The number of benzene rings is 3. The van der Waals surface area contributed by atoms with E-state index >= 15 is 0 Å². The number of aromatic nitrogens is 2. The van der Waals surface area contributed by atoms with E-state index in [9.17, 15) is 4.79 Å². The first kappa shape index (κ1) is 25.3. The fourth-order valence-electron chi connectivity index (χ4n) is 3.85. The number of halogens is 2. The SMILES string of the molecule is COc1cc(-n2cnc3cc(-c4ccc(Cl)cc4)sc3c2=O)ccc1OCCNCc1ccc(Cl)cc1. The van der Waals surface area contributed by atoms with Crippen molar-refractivity contribution < 1.29 is 9.47 Å². The second kappa shape index (κ2) is 11.4. The van der Waals surface area contributed by atoms with Crippen LogP contribution in [-0.2, 0) is 6.54 Å². The molecule has 6 nitrogen and oxygen atoms in total. The van der Waals surface area contributed by atoms with Crippen LogP contribution in [0.4, 0.5) is 0 Å². The normalized spacial score (nSPS) is 11.1. The molecule has 0 saturated heterocycles. The molecule has 0 fully saturated rings. The monoisotopic (exact) mass is 551 g/mol. The zero-order chi connectivity index (χ0) is 25.8. The highest BCUT2D eigenvalue weighted by molar-refractivity contribution is 7.22. The van der Waals surface area contributed by atoms with Gasteiger partial charge in [0.2, 0.25) is 0 Å². The molecule has 5 aromatic rings. The first-order chi connectivity index (χ1) is 18.0. The summed E-state index contributed by atoms with van der Waals surface area (Å²) in [6.07, 6.45) is 1.54. The average molecular weight is 552 g/mol. The first-order valence-corrected chi connectivity index (χ1v) is 13.1. The maximum atomic E-state index is 13.3. The largest absolute Gasteiger partial charge is 0.493 e. The molecule has 0 spiro atoms. The predicted octanol–water partition coefficient (Wildman–Crippen LogP) is 6.60. The minimum atomic E-state index is -0.141. The Morgan fingerprint density at radius 1 is 0.946 bits per heavy atom. The second-order valence-corrected chi connectivity index (χ2v) is 10.2. The maximum Gasteiger partial charge on any atom is 0.275 e. The number of ether oxygens (including phenoxy) is 2. The van der Waals surface area contributed by atoms with E-state index in [2.05, 4.69) is 10.3 Å². The van der Waals surface area contributed by atoms with Crippen LogP contribution in [0.15, 0.2) is 83.9 Å². The van der Waals surface area contributed by atoms with E-state index < -0.39 is 0 Å². The molecule has 2 aromatic heterocycles. The van der Waals surface area contributed by atoms with E-state index in [-0.39, 0.29) is 5.56 Å². The number of nitrogens with zero attached hydrogens (tertiary/aromatic N) is 2. The maximum absolute atomic E-state index is 13.3. The van der Waals surface area contributed by atoms with E-state index in [1.165, 1.54) is 15.9 Å². The molecule has 1 N–H and O–H groups in total. The van der Waals surface area contributed by atoms with E-state index in [4.69, 9.17) is 32.7 Å². The van der Waals surface area contributed by atoms with E-state index in [0.29, 0.717) is 45.6 Å². The number of hydrogen-bond acceptors (Lipinski definition) is 6. The van der Waals surface area contributed by atoms with Crippen LogP contribution in [0.25, 0.3) is 26.3 Å². The molecule has 37 heavy (non-hydrogen) atoms. The van der Waals surface area contributed by atoms with Crippen molar-refractivity contribution in [2.45, 2.75) is 6.54 Å². The topological polar surface area (TPSA) is 65.4 Å². The lowest BCUT2D eigenvalue weighted by atomic mass is 10.2. The Labute approximate surface area is 228 Å². The summed E-state index contributed by atoms with van der Waals surface area (Å²) in [5.41, 5.74) is 3.30. The summed E-state index contributed by atoms with van der Waals surface area (Å²) < 4.78 is 13.6. The third-order valence-corrected chi connectivity index (χ3v) is 7.44. The molecule has 9 heteroatoms. The van der Waals surface area contributed by atoms with Crippen LogP contribution in [0, 0.1) is 0 Å². The molecule has 188 valence electrons. The van der Waals surface area contributed by atoms with Crippen LogP contribution in [0.3, 0.4) is 0 Å². The van der Waals surface area contributed by atoms with Crippen LogP contribution in [0.5, 0.6) is 11.5 Å². The van der Waals surface area contributed by atoms with Gasteiger partial charge in [0, 0.05) is 34.1 Å². The molecule has 2 heterocycles. The number of nitrogens with one attached hydrogen (secondary N) is 1. The van der Waals surface area contributed by atoms with Crippen molar-refractivity contribution in [2.24, 2.45) is 0 Å². The third-order valence-electron chi connectivity index (χ3n) is 5.77. The van der Waals surface area contributed by atoms with Crippen molar-refractivity contribution in [2.75, 3.05) is 20.3 Å². The number of methoxy groups -OCH3 is 1. The van der Waals surface area contributed by atoms with Gasteiger partial charge in [0.1, 0.15) is 17.6 Å². The molecule has 0 radical (unpaired) electrons. The van der Waals surface area contributed by atoms with Crippen LogP contribution >= 0.6 is 34.5 Å². The van der Waals surface area contributed by atoms with Gasteiger partial charge in [0.15, 0.2) is 11.5 Å². The van der Waals surface area contributed by atoms with Crippen LogP contribution in [0.1, 0.15) is 5.56 Å². The summed E-state index contributed by atoms with van der Waals surface area (Å²) in [7, 11) is 1.58. The van der Waals surface area contributed by atoms with Gasteiger partial charge >= 0.3 is 0 Å². The van der Waals surface area contributed by atoms with Gasteiger partial charge in [-0.2, -0.15) is 0 Å². The van der Waals surface area contributed by atoms with Crippen molar-refractivity contribution in [3.05, 3.63) is 105 Å². The molecular weight excluding hydrogens is 529 g/mol.